The van der Waals surface area contributed by atoms with E-state index in [0.29, 0.717) is 42.8 Å². The number of aromatic nitrogens is 1. The van der Waals surface area contributed by atoms with E-state index in [-0.39, 0.29) is 17.2 Å². The van der Waals surface area contributed by atoms with Crippen LogP contribution in [0.25, 0.3) is 10.2 Å². The highest BCUT2D eigenvalue weighted by molar-refractivity contribution is 7.22. The number of carbonyl (C=O) groups is 1. The van der Waals surface area contributed by atoms with Gasteiger partial charge in [0, 0.05) is 43.9 Å². The number of anilines is 1. The van der Waals surface area contributed by atoms with Crippen molar-refractivity contribution < 1.29 is 19.2 Å². The van der Waals surface area contributed by atoms with Crippen LogP contribution in [0.4, 0.5) is 10.8 Å². The molecule has 3 aromatic rings. The lowest BCUT2D eigenvalue weighted by Crippen LogP contribution is -2.39. The summed E-state index contributed by atoms with van der Waals surface area (Å²) in [6.45, 7) is 6.88. The first-order chi connectivity index (χ1) is 16.1. The molecule has 2 heterocycles. The molecule has 0 saturated carbocycles. The third-order valence-electron chi connectivity index (χ3n) is 5.41. The van der Waals surface area contributed by atoms with E-state index in [1.54, 1.807) is 11.0 Å². The van der Waals surface area contributed by atoms with Crippen molar-refractivity contribution in [3.63, 3.8) is 0 Å². The third kappa shape index (κ3) is 5.47. The number of amides is 1. The van der Waals surface area contributed by atoms with Crippen LogP contribution in [0, 0.1) is 10.1 Å². The number of nitro groups is 1. The molecule has 4 rings (SSSR count). The lowest BCUT2D eigenvalue weighted by Gasteiger charge is -2.27. The number of morpholine rings is 1. The number of non-ortho nitro benzene ring substituents is 1. The second kappa shape index (κ2) is 10.7. The summed E-state index contributed by atoms with van der Waals surface area (Å²) in [7, 11) is 0. The van der Waals surface area contributed by atoms with E-state index in [1.165, 1.54) is 29.5 Å². The zero-order chi connectivity index (χ0) is 23.2. The van der Waals surface area contributed by atoms with Crippen molar-refractivity contribution in [3.05, 3.63) is 58.1 Å². The molecule has 0 unspecified atom stereocenters. The number of fused-ring (bicyclic) bond motifs is 1. The van der Waals surface area contributed by atoms with Crippen molar-refractivity contribution in [2.75, 3.05) is 50.9 Å². The maximum absolute atomic E-state index is 13.5. The van der Waals surface area contributed by atoms with E-state index in [0.717, 1.165) is 30.8 Å². The molecular formula is C23H26N4O5S. The highest BCUT2D eigenvalue weighted by Gasteiger charge is 2.24. The topological polar surface area (TPSA) is 98.0 Å². The van der Waals surface area contributed by atoms with Crippen LogP contribution in [-0.4, -0.2) is 66.7 Å². The average molecular weight is 471 g/mol. The molecule has 1 fully saturated rings. The van der Waals surface area contributed by atoms with Crippen LogP contribution in [0.3, 0.4) is 0 Å². The van der Waals surface area contributed by atoms with E-state index in [1.807, 2.05) is 25.1 Å². The van der Waals surface area contributed by atoms with Gasteiger partial charge in [-0.3, -0.25) is 24.7 Å². The SMILES string of the molecule is CCOc1cccc2sc(N(CCCN3CCOCC3)C(=O)c3cccc([N+](=O)[O-])c3)nc12. The van der Waals surface area contributed by atoms with Crippen LogP contribution in [0.5, 0.6) is 5.75 Å². The van der Waals surface area contributed by atoms with Crippen molar-refractivity contribution >= 4 is 38.3 Å². The molecule has 1 amide bonds. The molecule has 33 heavy (non-hydrogen) atoms. The molecule has 1 aliphatic rings. The molecule has 1 aliphatic heterocycles. The molecule has 1 aromatic heterocycles. The van der Waals surface area contributed by atoms with Crippen LogP contribution in [0.2, 0.25) is 0 Å². The Balaban J connectivity index is 1.62. The fourth-order valence-electron chi connectivity index (χ4n) is 3.77. The summed E-state index contributed by atoms with van der Waals surface area (Å²) < 4.78 is 12.0. The molecule has 10 heteroatoms. The minimum atomic E-state index is -0.494. The van der Waals surface area contributed by atoms with Gasteiger partial charge in [-0.15, -0.1) is 0 Å². The summed E-state index contributed by atoms with van der Waals surface area (Å²) in [6, 6.07) is 11.5. The van der Waals surface area contributed by atoms with Crippen LogP contribution in [0.15, 0.2) is 42.5 Å². The lowest BCUT2D eigenvalue weighted by atomic mass is 10.1. The highest BCUT2D eigenvalue weighted by atomic mass is 32.1. The Kier molecular flexibility index (Phi) is 7.48. The summed E-state index contributed by atoms with van der Waals surface area (Å²) >= 11 is 1.41. The monoisotopic (exact) mass is 470 g/mol. The molecule has 0 atom stereocenters. The van der Waals surface area contributed by atoms with Gasteiger partial charge in [0.05, 0.1) is 29.4 Å². The van der Waals surface area contributed by atoms with Gasteiger partial charge in [-0.05, 0) is 31.5 Å². The van der Waals surface area contributed by atoms with Crippen molar-refractivity contribution in [1.29, 1.82) is 0 Å². The van der Waals surface area contributed by atoms with Crippen molar-refractivity contribution in [1.82, 2.24) is 9.88 Å². The quantitative estimate of drug-likeness (QED) is 0.345. The molecule has 9 nitrogen and oxygen atoms in total. The molecule has 0 N–H and O–H groups in total. The first-order valence-corrected chi connectivity index (χ1v) is 11.8. The van der Waals surface area contributed by atoms with Gasteiger partial charge in [0.1, 0.15) is 11.3 Å². The van der Waals surface area contributed by atoms with Gasteiger partial charge < -0.3 is 9.47 Å². The Morgan fingerprint density at radius 3 is 2.82 bits per heavy atom. The van der Waals surface area contributed by atoms with Gasteiger partial charge >= 0.3 is 0 Å². The molecule has 0 radical (unpaired) electrons. The molecule has 174 valence electrons. The van der Waals surface area contributed by atoms with Gasteiger partial charge in [0.15, 0.2) is 5.13 Å². The molecule has 0 bridgehead atoms. The number of thiazole rings is 1. The fourth-order valence-corrected chi connectivity index (χ4v) is 4.78. The molecule has 0 aliphatic carbocycles. The number of hydrogen-bond donors (Lipinski definition) is 0. The first-order valence-electron chi connectivity index (χ1n) is 11.0. The average Bonchev–Trinajstić information content (AvgIpc) is 3.27. The van der Waals surface area contributed by atoms with Gasteiger partial charge in [-0.25, -0.2) is 4.98 Å². The Morgan fingerprint density at radius 1 is 1.27 bits per heavy atom. The first kappa shape index (κ1) is 23.1. The number of carbonyl (C=O) groups excluding carboxylic acids is 1. The Morgan fingerprint density at radius 2 is 2.06 bits per heavy atom. The highest BCUT2D eigenvalue weighted by Crippen LogP contribution is 2.35. The van der Waals surface area contributed by atoms with Gasteiger partial charge in [-0.1, -0.05) is 23.5 Å². The fraction of sp³-hybridized carbons (Fsp3) is 0.391. The van der Waals surface area contributed by atoms with Gasteiger partial charge in [0.25, 0.3) is 11.6 Å². The van der Waals surface area contributed by atoms with Gasteiger partial charge in [-0.2, -0.15) is 0 Å². The number of ether oxygens (including phenoxy) is 2. The predicted octanol–water partition coefficient (Wildman–Crippen LogP) is 3.97. The summed E-state index contributed by atoms with van der Waals surface area (Å²) in [6.07, 6.45) is 0.745. The minimum absolute atomic E-state index is 0.114. The summed E-state index contributed by atoms with van der Waals surface area (Å²) in [5.74, 6) is 0.367. The molecular weight excluding hydrogens is 444 g/mol. The van der Waals surface area contributed by atoms with E-state index in [2.05, 4.69) is 4.90 Å². The number of benzene rings is 2. The zero-order valence-electron chi connectivity index (χ0n) is 18.4. The van der Waals surface area contributed by atoms with Crippen LogP contribution >= 0.6 is 11.3 Å². The Bertz CT molecular complexity index is 1130. The van der Waals surface area contributed by atoms with E-state index < -0.39 is 4.92 Å². The molecule has 0 spiro atoms. The van der Waals surface area contributed by atoms with E-state index in [4.69, 9.17) is 14.5 Å². The number of para-hydroxylation sites is 1. The van der Waals surface area contributed by atoms with Crippen molar-refractivity contribution in [3.8, 4) is 5.75 Å². The van der Waals surface area contributed by atoms with Crippen molar-refractivity contribution in [2.24, 2.45) is 0 Å². The summed E-state index contributed by atoms with van der Waals surface area (Å²) in [5.41, 5.74) is 0.862. The maximum atomic E-state index is 13.5. The second-order valence-electron chi connectivity index (χ2n) is 7.60. The Labute approximate surface area is 195 Å². The molecule has 2 aromatic carbocycles. The third-order valence-corrected chi connectivity index (χ3v) is 6.45. The normalized spacial score (nSPS) is 14.3. The largest absolute Gasteiger partial charge is 0.492 e. The van der Waals surface area contributed by atoms with Crippen LogP contribution in [-0.2, 0) is 4.74 Å². The van der Waals surface area contributed by atoms with Crippen molar-refractivity contribution in [2.45, 2.75) is 13.3 Å². The number of nitrogens with zero attached hydrogens (tertiary/aromatic N) is 4. The van der Waals surface area contributed by atoms with E-state index >= 15 is 0 Å². The number of nitro benzene ring substituents is 1. The number of hydrogen-bond acceptors (Lipinski definition) is 8. The van der Waals surface area contributed by atoms with Gasteiger partial charge in [0.2, 0.25) is 0 Å². The Hall–Kier alpha value is -3.08. The van der Waals surface area contributed by atoms with Crippen LogP contribution < -0.4 is 9.64 Å². The lowest BCUT2D eigenvalue weighted by molar-refractivity contribution is -0.384. The predicted molar refractivity (Wildman–Crippen MR) is 127 cm³/mol. The second-order valence-corrected chi connectivity index (χ2v) is 8.61. The summed E-state index contributed by atoms with van der Waals surface area (Å²) in [4.78, 5) is 32.9. The maximum Gasteiger partial charge on any atom is 0.270 e. The standard InChI is InChI=1S/C23H26N4O5S/c1-2-32-19-8-4-9-20-21(19)24-23(33-20)26(11-5-10-25-12-14-31-15-13-25)22(28)17-6-3-7-18(16-17)27(29)30/h3-4,6-9,16H,2,5,10-15H2,1H3. The summed E-state index contributed by atoms with van der Waals surface area (Å²) in [5, 5.41) is 11.8. The van der Waals surface area contributed by atoms with Crippen LogP contribution in [0.1, 0.15) is 23.7 Å². The smallest absolute Gasteiger partial charge is 0.270 e. The minimum Gasteiger partial charge on any atom is -0.492 e. The molecule has 1 saturated heterocycles. The van der Waals surface area contributed by atoms with E-state index in [9.17, 15) is 14.9 Å². The zero-order valence-corrected chi connectivity index (χ0v) is 19.3. The number of rotatable bonds is 9.